The zero-order chi connectivity index (χ0) is 28.2. The molecule has 0 aliphatic carbocycles. The van der Waals surface area contributed by atoms with Crippen molar-refractivity contribution in [3.05, 3.63) is 90.6 Å². The van der Waals surface area contributed by atoms with Crippen LogP contribution in [0.15, 0.2) is 69.6 Å². The molecule has 2 aromatic carbocycles. The van der Waals surface area contributed by atoms with Gasteiger partial charge in [0.2, 0.25) is 0 Å². The van der Waals surface area contributed by atoms with Gasteiger partial charge in [0, 0.05) is 13.1 Å². The van der Waals surface area contributed by atoms with Gasteiger partial charge in [-0.3, -0.25) is 14.2 Å². The lowest BCUT2D eigenvalue weighted by Crippen LogP contribution is -2.39. The minimum absolute atomic E-state index is 0.0461. The van der Waals surface area contributed by atoms with Gasteiger partial charge in [-0.05, 0) is 56.0 Å². The van der Waals surface area contributed by atoms with E-state index in [0.717, 1.165) is 37.1 Å². The third kappa shape index (κ3) is 5.44. The Hall–Kier alpha value is -4.18. The van der Waals surface area contributed by atoms with Crippen LogP contribution in [0, 0.1) is 0 Å². The molecule has 9 nitrogen and oxygen atoms in total. The van der Waals surface area contributed by atoms with E-state index in [0.29, 0.717) is 32.1 Å². The molecule has 1 amide bonds. The van der Waals surface area contributed by atoms with Crippen molar-refractivity contribution >= 4 is 29.3 Å². The first kappa shape index (κ1) is 27.4. The summed E-state index contributed by atoms with van der Waals surface area (Å²) in [7, 11) is 1.53. The molecule has 1 saturated heterocycles. The molecule has 0 unspecified atom stereocenters. The summed E-state index contributed by atoms with van der Waals surface area (Å²) in [6.45, 7) is 5.20. The topological polar surface area (TPSA) is 99.4 Å². The molecule has 3 heterocycles. The monoisotopic (exact) mass is 561 g/mol. The van der Waals surface area contributed by atoms with Gasteiger partial charge in [0.15, 0.2) is 22.9 Å². The summed E-state index contributed by atoms with van der Waals surface area (Å²) in [4.78, 5) is 46.1. The number of carbonyl (C=O) groups excluding carboxylic acids is 2. The van der Waals surface area contributed by atoms with Gasteiger partial charge in [-0.1, -0.05) is 47.7 Å². The third-order valence-corrected chi connectivity index (χ3v) is 7.91. The highest BCUT2D eigenvalue weighted by Gasteiger charge is 2.33. The van der Waals surface area contributed by atoms with Crippen molar-refractivity contribution in [2.24, 2.45) is 4.99 Å². The molecule has 208 valence electrons. The number of fused-ring (bicyclic) bond motifs is 1. The SMILES string of the molecule is CCOC(=O)C1=C(C)N=c2s/c(=C/c3ccc(OCC(=O)N4CCCC4)c(OC)c3)c(=O)n2[C@@H]1c1ccccc1. The van der Waals surface area contributed by atoms with Gasteiger partial charge >= 0.3 is 5.97 Å². The van der Waals surface area contributed by atoms with Crippen LogP contribution in [-0.2, 0) is 14.3 Å². The number of carbonyl (C=O) groups is 2. The molecule has 0 radical (unpaired) electrons. The third-order valence-electron chi connectivity index (χ3n) is 6.93. The van der Waals surface area contributed by atoms with Gasteiger partial charge in [0.25, 0.3) is 11.5 Å². The molecule has 0 bridgehead atoms. The molecule has 2 aliphatic rings. The Morgan fingerprint density at radius 1 is 1.10 bits per heavy atom. The van der Waals surface area contributed by atoms with Gasteiger partial charge in [0.05, 0.1) is 35.6 Å². The normalized spacial score (nSPS) is 16.9. The van der Waals surface area contributed by atoms with E-state index in [1.807, 2.05) is 30.3 Å². The molecule has 10 heteroatoms. The van der Waals surface area contributed by atoms with E-state index in [1.165, 1.54) is 18.4 Å². The number of esters is 1. The van der Waals surface area contributed by atoms with Crippen LogP contribution in [0.1, 0.15) is 43.9 Å². The molecule has 3 aromatic rings. The van der Waals surface area contributed by atoms with Gasteiger partial charge in [0.1, 0.15) is 0 Å². The van der Waals surface area contributed by atoms with Crippen molar-refractivity contribution < 1.29 is 23.8 Å². The highest BCUT2D eigenvalue weighted by molar-refractivity contribution is 7.07. The van der Waals surface area contributed by atoms with Crippen molar-refractivity contribution in [3.8, 4) is 11.5 Å². The van der Waals surface area contributed by atoms with Crippen molar-refractivity contribution in [3.63, 3.8) is 0 Å². The van der Waals surface area contributed by atoms with E-state index >= 15 is 0 Å². The lowest BCUT2D eigenvalue weighted by Gasteiger charge is -2.24. The number of allylic oxidation sites excluding steroid dienone is 1. The Morgan fingerprint density at radius 3 is 2.55 bits per heavy atom. The second kappa shape index (κ2) is 11.9. The van der Waals surface area contributed by atoms with Crippen molar-refractivity contribution in [2.75, 3.05) is 33.4 Å². The van der Waals surface area contributed by atoms with E-state index in [2.05, 4.69) is 4.99 Å². The summed E-state index contributed by atoms with van der Waals surface area (Å²) in [5.74, 6) is 0.372. The summed E-state index contributed by atoms with van der Waals surface area (Å²) in [6.07, 6.45) is 3.80. The van der Waals surface area contributed by atoms with Crippen LogP contribution in [-0.4, -0.2) is 54.8 Å². The maximum Gasteiger partial charge on any atom is 0.338 e. The number of aromatic nitrogens is 1. The summed E-state index contributed by atoms with van der Waals surface area (Å²) >= 11 is 1.25. The van der Waals surface area contributed by atoms with Crippen molar-refractivity contribution in [1.82, 2.24) is 9.47 Å². The van der Waals surface area contributed by atoms with Crippen LogP contribution in [0.2, 0.25) is 0 Å². The summed E-state index contributed by atoms with van der Waals surface area (Å²) in [5.41, 5.74) is 2.12. The average Bonchev–Trinajstić information content (AvgIpc) is 3.60. The number of hydrogen-bond donors (Lipinski definition) is 0. The summed E-state index contributed by atoms with van der Waals surface area (Å²) in [6, 6.07) is 14.0. The lowest BCUT2D eigenvalue weighted by atomic mass is 9.96. The number of methoxy groups -OCH3 is 1. The Morgan fingerprint density at radius 2 is 1.85 bits per heavy atom. The molecule has 1 fully saturated rings. The minimum Gasteiger partial charge on any atom is -0.493 e. The summed E-state index contributed by atoms with van der Waals surface area (Å²) in [5, 5.41) is 0. The number of rotatable bonds is 8. The molecule has 5 rings (SSSR count). The van der Waals surface area contributed by atoms with Gasteiger partial charge in [-0.2, -0.15) is 0 Å². The van der Waals surface area contributed by atoms with E-state index in [-0.39, 0.29) is 24.7 Å². The zero-order valence-electron chi connectivity index (χ0n) is 22.7. The highest BCUT2D eigenvalue weighted by atomic mass is 32.1. The van der Waals surface area contributed by atoms with Crippen molar-refractivity contribution in [1.29, 1.82) is 0 Å². The molecule has 2 aliphatic heterocycles. The van der Waals surface area contributed by atoms with Crippen LogP contribution in [0.5, 0.6) is 11.5 Å². The fourth-order valence-electron chi connectivity index (χ4n) is 4.98. The molecule has 40 heavy (non-hydrogen) atoms. The Bertz CT molecular complexity index is 1630. The molecular weight excluding hydrogens is 530 g/mol. The molecule has 1 atom stereocenters. The Balaban J connectivity index is 1.50. The van der Waals surface area contributed by atoms with Crippen LogP contribution in [0.25, 0.3) is 6.08 Å². The highest BCUT2D eigenvalue weighted by Crippen LogP contribution is 2.31. The van der Waals surface area contributed by atoms with Crippen LogP contribution in [0.3, 0.4) is 0 Å². The number of likely N-dealkylation sites (tertiary alicyclic amines) is 1. The number of benzene rings is 2. The smallest absolute Gasteiger partial charge is 0.338 e. The molecule has 0 saturated carbocycles. The van der Waals surface area contributed by atoms with Gasteiger partial charge in [-0.15, -0.1) is 0 Å². The quantitative estimate of drug-likeness (QED) is 0.392. The van der Waals surface area contributed by atoms with E-state index in [1.54, 1.807) is 47.6 Å². The number of amides is 1. The van der Waals surface area contributed by atoms with E-state index < -0.39 is 12.0 Å². The fourth-order valence-corrected chi connectivity index (χ4v) is 6.03. The van der Waals surface area contributed by atoms with E-state index in [4.69, 9.17) is 14.2 Å². The number of hydrogen-bond acceptors (Lipinski definition) is 8. The second-order valence-electron chi connectivity index (χ2n) is 9.50. The maximum absolute atomic E-state index is 13.8. The number of thiazole rings is 1. The maximum atomic E-state index is 13.8. The lowest BCUT2D eigenvalue weighted by molar-refractivity contribution is -0.139. The Kier molecular flexibility index (Phi) is 8.16. The first-order valence-corrected chi connectivity index (χ1v) is 14.1. The second-order valence-corrected chi connectivity index (χ2v) is 10.5. The molecular formula is C30H31N3O6S. The average molecular weight is 562 g/mol. The Labute approximate surface area is 235 Å². The first-order valence-electron chi connectivity index (χ1n) is 13.2. The molecule has 0 spiro atoms. The standard InChI is InChI=1S/C30H31N3O6S/c1-4-38-29(36)26-19(2)31-30-33(27(26)21-10-6-5-7-11-21)28(35)24(40-30)17-20-12-13-22(23(16-20)37-3)39-18-25(34)32-14-8-9-15-32/h5-7,10-13,16-17,27H,4,8-9,14-15,18H2,1-3H3/b24-17+/t27-/m1/s1. The van der Waals surface area contributed by atoms with Crippen LogP contribution in [0.4, 0.5) is 0 Å². The largest absolute Gasteiger partial charge is 0.493 e. The summed E-state index contributed by atoms with van der Waals surface area (Å²) < 4.78 is 18.6. The first-order chi connectivity index (χ1) is 19.4. The zero-order valence-corrected chi connectivity index (χ0v) is 23.5. The number of nitrogens with zero attached hydrogens (tertiary/aromatic N) is 3. The van der Waals surface area contributed by atoms with E-state index in [9.17, 15) is 14.4 Å². The predicted molar refractivity (Wildman–Crippen MR) is 151 cm³/mol. The minimum atomic E-state index is -0.655. The predicted octanol–water partition coefficient (Wildman–Crippen LogP) is 2.81. The van der Waals surface area contributed by atoms with Crippen LogP contribution < -0.4 is 24.4 Å². The number of ether oxygens (including phenoxy) is 3. The molecule has 0 N–H and O–H groups in total. The fraction of sp³-hybridized carbons (Fsp3) is 0.333. The van der Waals surface area contributed by atoms with Crippen molar-refractivity contribution in [2.45, 2.75) is 32.7 Å². The van der Waals surface area contributed by atoms with Gasteiger partial charge in [-0.25, -0.2) is 9.79 Å². The molecule has 1 aromatic heterocycles. The van der Waals surface area contributed by atoms with Gasteiger partial charge < -0.3 is 19.1 Å². The van der Waals surface area contributed by atoms with Crippen LogP contribution >= 0.6 is 11.3 Å².